The molecule has 0 aromatic heterocycles. The normalized spacial score (nSPS) is 19.8. The van der Waals surface area contributed by atoms with Crippen LogP contribution in [0, 0.1) is 5.92 Å². The highest BCUT2D eigenvalue weighted by atomic mass is 16.3. The van der Waals surface area contributed by atoms with Crippen LogP contribution in [0.5, 0.6) is 5.75 Å². The van der Waals surface area contributed by atoms with E-state index in [0.717, 1.165) is 18.4 Å². The van der Waals surface area contributed by atoms with Gasteiger partial charge in [0, 0.05) is 12.3 Å². The van der Waals surface area contributed by atoms with Gasteiger partial charge in [0.05, 0.1) is 0 Å². The van der Waals surface area contributed by atoms with Crippen molar-refractivity contribution < 1.29 is 9.90 Å². The maximum absolute atomic E-state index is 11.7. The van der Waals surface area contributed by atoms with Crippen LogP contribution in [0.2, 0.25) is 0 Å². The summed E-state index contributed by atoms with van der Waals surface area (Å²) in [6.07, 6.45) is 13.3. The Kier molecular flexibility index (Phi) is 5.41. The SMILES string of the molecule is C/C=C\C1=C(C)C=C(C2=CCC=C2CC(C)=O)C1Cc1ccc(O)cc1. The summed E-state index contributed by atoms with van der Waals surface area (Å²) in [7, 11) is 0. The van der Waals surface area contributed by atoms with E-state index in [9.17, 15) is 9.90 Å². The van der Waals surface area contributed by atoms with Gasteiger partial charge in [-0.1, -0.05) is 42.5 Å². The fourth-order valence-electron chi connectivity index (χ4n) is 3.94. The maximum Gasteiger partial charge on any atom is 0.134 e. The number of hydrogen-bond donors (Lipinski definition) is 1. The lowest BCUT2D eigenvalue weighted by Crippen LogP contribution is -2.10. The van der Waals surface area contributed by atoms with E-state index >= 15 is 0 Å². The van der Waals surface area contributed by atoms with Gasteiger partial charge in [-0.25, -0.2) is 0 Å². The van der Waals surface area contributed by atoms with Crippen molar-refractivity contribution in [3.8, 4) is 5.75 Å². The first-order valence-electron chi connectivity index (χ1n) is 9.22. The van der Waals surface area contributed by atoms with Crippen LogP contribution in [0.3, 0.4) is 0 Å². The summed E-state index contributed by atoms with van der Waals surface area (Å²) >= 11 is 0. The molecule has 0 saturated heterocycles. The second-order valence-electron chi connectivity index (χ2n) is 7.12. The van der Waals surface area contributed by atoms with E-state index in [1.165, 1.54) is 27.9 Å². The summed E-state index contributed by atoms with van der Waals surface area (Å²) in [5.41, 5.74) is 7.54. The Morgan fingerprint density at radius 2 is 1.96 bits per heavy atom. The molecule has 1 unspecified atom stereocenters. The predicted octanol–water partition coefficient (Wildman–Crippen LogP) is 5.62. The van der Waals surface area contributed by atoms with E-state index in [1.54, 1.807) is 19.1 Å². The first-order chi connectivity index (χ1) is 12.5. The van der Waals surface area contributed by atoms with E-state index < -0.39 is 0 Å². The van der Waals surface area contributed by atoms with Gasteiger partial charge in [0.1, 0.15) is 11.5 Å². The molecule has 0 amide bonds. The van der Waals surface area contributed by atoms with E-state index in [0.29, 0.717) is 12.2 Å². The molecule has 134 valence electrons. The summed E-state index contributed by atoms with van der Waals surface area (Å²) < 4.78 is 0. The van der Waals surface area contributed by atoms with Gasteiger partial charge < -0.3 is 5.11 Å². The van der Waals surface area contributed by atoms with Crippen LogP contribution < -0.4 is 0 Å². The molecule has 1 aromatic carbocycles. The number of carbonyl (C=O) groups is 1. The van der Waals surface area contributed by atoms with Crippen LogP contribution in [0.1, 0.15) is 39.2 Å². The molecule has 0 radical (unpaired) electrons. The van der Waals surface area contributed by atoms with Crippen molar-refractivity contribution in [3.63, 3.8) is 0 Å². The Bertz CT molecular complexity index is 858. The van der Waals surface area contributed by atoms with Crippen LogP contribution in [0.4, 0.5) is 0 Å². The van der Waals surface area contributed by atoms with Gasteiger partial charge in [-0.2, -0.15) is 0 Å². The average molecular weight is 346 g/mol. The van der Waals surface area contributed by atoms with Crippen molar-refractivity contribution in [3.05, 3.63) is 88.1 Å². The van der Waals surface area contributed by atoms with Crippen LogP contribution in [0.25, 0.3) is 0 Å². The van der Waals surface area contributed by atoms with Gasteiger partial charge in [-0.15, -0.1) is 0 Å². The molecule has 2 aliphatic carbocycles. The highest BCUT2D eigenvalue weighted by Gasteiger charge is 2.29. The first-order valence-corrected chi connectivity index (χ1v) is 9.22. The van der Waals surface area contributed by atoms with E-state index in [2.05, 4.69) is 37.3 Å². The van der Waals surface area contributed by atoms with Gasteiger partial charge in [0.15, 0.2) is 0 Å². The number of ketones is 1. The Hall–Kier alpha value is -2.61. The number of aromatic hydroxyl groups is 1. The molecule has 26 heavy (non-hydrogen) atoms. The van der Waals surface area contributed by atoms with Crippen LogP contribution in [0.15, 0.2) is 82.5 Å². The number of rotatable bonds is 6. The minimum atomic E-state index is 0.205. The van der Waals surface area contributed by atoms with Crippen LogP contribution in [-0.4, -0.2) is 10.9 Å². The number of phenols is 1. The van der Waals surface area contributed by atoms with Crippen LogP contribution in [-0.2, 0) is 11.2 Å². The van der Waals surface area contributed by atoms with Crippen molar-refractivity contribution >= 4 is 5.78 Å². The summed E-state index contributed by atoms with van der Waals surface area (Å²) in [5, 5.41) is 9.56. The Labute approximate surface area is 155 Å². The zero-order valence-electron chi connectivity index (χ0n) is 15.8. The second-order valence-corrected chi connectivity index (χ2v) is 7.12. The third kappa shape index (κ3) is 3.80. The van der Waals surface area contributed by atoms with Crippen molar-refractivity contribution in [2.45, 2.75) is 40.0 Å². The molecule has 1 aromatic rings. The second kappa shape index (κ2) is 7.74. The zero-order valence-corrected chi connectivity index (χ0v) is 15.8. The van der Waals surface area contributed by atoms with Gasteiger partial charge >= 0.3 is 0 Å². The Morgan fingerprint density at radius 3 is 2.62 bits per heavy atom. The number of allylic oxidation sites excluding steroid dienone is 10. The standard InChI is InChI=1S/C24H26O2/c1-4-6-21-16(2)13-23(22-8-5-7-19(22)14-17(3)25)24(21)15-18-9-11-20(26)12-10-18/h4,6-13,24,26H,5,14-15H2,1-3H3/b6-4-. The lowest BCUT2D eigenvalue weighted by molar-refractivity contribution is -0.116. The lowest BCUT2D eigenvalue weighted by Gasteiger charge is -2.21. The zero-order chi connectivity index (χ0) is 18.7. The lowest BCUT2D eigenvalue weighted by atomic mass is 9.83. The Morgan fingerprint density at radius 1 is 1.23 bits per heavy atom. The number of Topliss-reactive ketones (excluding diaryl/α,β-unsaturated/α-hetero) is 1. The third-order valence-electron chi connectivity index (χ3n) is 5.08. The molecule has 0 saturated carbocycles. The number of hydrogen-bond acceptors (Lipinski definition) is 2. The van der Waals surface area contributed by atoms with E-state index in [1.807, 2.05) is 19.1 Å². The third-order valence-corrected chi connectivity index (χ3v) is 5.08. The molecule has 1 N–H and O–H groups in total. The predicted molar refractivity (Wildman–Crippen MR) is 107 cm³/mol. The number of carbonyl (C=O) groups excluding carboxylic acids is 1. The van der Waals surface area contributed by atoms with Crippen LogP contribution >= 0.6 is 0 Å². The molecular formula is C24H26O2. The first kappa shape index (κ1) is 18.2. The van der Waals surface area contributed by atoms with Crippen molar-refractivity contribution in [2.24, 2.45) is 5.92 Å². The van der Waals surface area contributed by atoms with E-state index in [-0.39, 0.29) is 11.7 Å². The molecule has 0 aliphatic heterocycles. The number of benzene rings is 1. The van der Waals surface area contributed by atoms with Gasteiger partial charge in [-0.05, 0) is 79.2 Å². The summed E-state index contributed by atoms with van der Waals surface area (Å²) in [4.78, 5) is 11.7. The molecule has 2 aliphatic rings. The highest BCUT2D eigenvalue weighted by Crippen LogP contribution is 2.43. The molecule has 0 bridgehead atoms. The molecule has 3 rings (SSSR count). The van der Waals surface area contributed by atoms with Gasteiger partial charge in [0.2, 0.25) is 0 Å². The fraction of sp³-hybridized carbons (Fsp3) is 0.292. The molecule has 0 spiro atoms. The van der Waals surface area contributed by atoms with Gasteiger partial charge in [-0.3, -0.25) is 4.79 Å². The average Bonchev–Trinajstić information content (AvgIpc) is 3.15. The topological polar surface area (TPSA) is 37.3 Å². The van der Waals surface area contributed by atoms with Crippen molar-refractivity contribution in [1.82, 2.24) is 0 Å². The number of phenolic OH excluding ortho intramolecular Hbond substituents is 1. The molecule has 1 atom stereocenters. The smallest absolute Gasteiger partial charge is 0.134 e. The quantitative estimate of drug-likeness (QED) is 0.726. The maximum atomic E-state index is 11.7. The van der Waals surface area contributed by atoms with Gasteiger partial charge in [0.25, 0.3) is 0 Å². The summed E-state index contributed by atoms with van der Waals surface area (Å²) in [5.74, 6) is 0.771. The monoisotopic (exact) mass is 346 g/mol. The fourth-order valence-corrected chi connectivity index (χ4v) is 3.94. The highest BCUT2D eigenvalue weighted by molar-refractivity contribution is 5.80. The van der Waals surface area contributed by atoms with Crippen molar-refractivity contribution in [1.29, 1.82) is 0 Å². The largest absolute Gasteiger partial charge is 0.508 e. The minimum absolute atomic E-state index is 0.205. The summed E-state index contributed by atoms with van der Waals surface area (Å²) in [6, 6.07) is 7.47. The minimum Gasteiger partial charge on any atom is -0.508 e. The molecule has 0 fully saturated rings. The molecule has 2 nitrogen and oxygen atoms in total. The Balaban J connectivity index is 1.93. The van der Waals surface area contributed by atoms with Crippen molar-refractivity contribution in [2.75, 3.05) is 0 Å². The summed E-state index contributed by atoms with van der Waals surface area (Å²) in [6.45, 7) is 5.87. The molecule has 0 heterocycles. The molecule has 2 heteroatoms. The molecular weight excluding hydrogens is 320 g/mol. The van der Waals surface area contributed by atoms with E-state index in [4.69, 9.17) is 0 Å².